The molecule has 8 nitrogen and oxygen atoms in total. The lowest BCUT2D eigenvalue weighted by molar-refractivity contribution is -0.385. The van der Waals surface area contributed by atoms with Crippen LogP contribution in [-0.2, 0) is 14.8 Å². The predicted octanol–water partition coefficient (Wildman–Crippen LogP) is 2.71. The molecule has 0 atom stereocenters. The third-order valence-corrected chi connectivity index (χ3v) is 7.76. The van der Waals surface area contributed by atoms with Gasteiger partial charge in [-0.05, 0) is 38.2 Å². The van der Waals surface area contributed by atoms with Crippen LogP contribution >= 0.6 is 0 Å². The minimum absolute atomic E-state index is 0.0287. The zero-order valence-electron chi connectivity index (χ0n) is 16.2. The van der Waals surface area contributed by atoms with Gasteiger partial charge in [0.2, 0.25) is 15.9 Å². The number of amides is 1. The van der Waals surface area contributed by atoms with Gasteiger partial charge in [0, 0.05) is 44.2 Å². The van der Waals surface area contributed by atoms with Gasteiger partial charge in [-0.25, -0.2) is 8.42 Å². The standard InChI is InChI=1S/C19H27N3O5S/c1-15-6-7-17(22(24)25)14-18(15)28(26,27)21-12-8-16(9-13-21)19(23)20-10-4-2-3-5-11-20/h6-7,14,16H,2-5,8-13H2,1H3. The van der Waals surface area contributed by atoms with Crippen molar-refractivity contribution in [3.63, 3.8) is 0 Å². The van der Waals surface area contributed by atoms with Crippen molar-refractivity contribution in [2.75, 3.05) is 26.2 Å². The summed E-state index contributed by atoms with van der Waals surface area (Å²) < 4.78 is 27.4. The van der Waals surface area contributed by atoms with E-state index in [1.54, 1.807) is 6.92 Å². The van der Waals surface area contributed by atoms with E-state index in [1.807, 2.05) is 4.90 Å². The summed E-state index contributed by atoms with van der Waals surface area (Å²) in [5.74, 6) is 0.00114. The molecule has 0 saturated carbocycles. The van der Waals surface area contributed by atoms with Crippen molar-refractivity contribution in [2.24, 2.45) is 5.92 Å². The van der Waals surface area contributed by atoms with Gasteiger partial charge in [0.15, 0.2) is 0 Å². The first-order valence-corrected chi connectivity index (χ1v) is 11.3. The molecule has 1 amide bonds. The van der Waals surface area contributed by atoms with Crippen molar-refractivity contribution in [1.29, 1.82) is 0 Å². The number of nitro groups is 1. The molecule has 2 aliphatic rings. The highest BCUT2D eigenvalue weighted by Gasteiger charge is 2.35. The topological polar surface area (TPSA) is 101 Å². The van der Waals surface area contributed by atoms with Crippen LogP contribution in [0.1, 0.15) is 44.1 Å². The van der Waals surface area contributed by atoms with Crippen LogP contribution in [0.3, 0.4) is 0 Å². The van der Waals surface area contributed by atoms with Gasteiger partial charge in [-0.3, -0.25) is 14.9 Å². The van der Waals surface area contributed by atoms with Crippen molar-refractivity contribution in [1.82, 2.24) is 9.21 Å². The van der Waals surface area contributed by atoms with Gasteiger partial charge in [-0.1, -0.05) is 18.9 Å². The van der Waals surface area contributed by atoms with E-state index in [2.05, 4.69) is 0 Å². The van der Waals surface area contributed by atoms with Gasteiger partial charge < -0.3 is 4.90 Å². The first kappa shape index (κ1) is 20.7. The summed E-state index contributed by atoms with van der Waals surface area (Å²) in [6.07, 6.45) is 5.35. The van der Waals surface area contributed by atoms with Crippen molar-refractivity contribution in [2.45, 2.75) is 50.3 Å². The lowest BCUT2D eigenvalue weighted by atomic mass is 9.96. The van der Waals surface area contributed by atoms with Gasteiger partial charge in [0.05, 0.1) is 9.82 Å². The molecular weight excluding hydrogens is 382 g/mol. The lowest BCUT2D eigenvalue weighted by Gasteiger charge is -2.33. The summed E-state index contributed by atoms with van der Waals surface area (Å²) in [4.78, 5) is 25.1. The smallest absolute Gasteiger partial charge is 0.270 e. The number of nitrogens with zero attached hydrogens (tertiary/aromatic N) is 3. The number of sulfonamides is 1. The summed E-state index contributed by atoms with van der Waals surface area (Å²) in [6, 6.07) is 3.89. The number of benzene rings is 1. The largest absolute Gasteiger partial charge is 0.342 e. The van der Waals surface area contributed by atoms with Crippen LogP contribution < -0.4 is 0 Å². The predicted molar refractivity (Wildman–Crippen MR) is 104 cm³/mol. The summed E-state index contributed by atoms with van der Waals surface area (Å²) in [5.41, 5.74) is 0.240. The van der Waals surface area contributed by atoms with E-state index in [4.69, 9.17) is 0 Å². The first-order valence-electron chi connectivity index (χ1n) is 9.84. The van der Waals surface area contributed by atoms with E-state index in [0.29, 0.717) is 18.4 Å². The van der Waals surface area contributed by atoms with E-state index in [1.165, 1.54) is 16.4 Å². The number of likely N-dealkylation sites (tertiary alicyclic amines) is 1. The quantitative estimate of drug-likeness (QED) is 0.562. The molecule has 0 N–H and O–H groups in total. The van der Waals surface area contributed by atoms with Crippen LogP contribution in [0.25, 0.3) is 0 Å². The van der Waals surface area contributed by atoms with Crippen molar-refractivity contribution in [3.8, 4) is 0 Å². The van der Waals surface area contributed by atoms with Crippen molar-refractivity contribution < 1.29 is 18.1 Å². The SMILES string of the molecule is Cc1ccc([N+](=O)[O-])cc1S(=O)(=O)N1CCC(C(=O)N2CCCCCC2)CC1. The Labute approximate surface area is 165 Å². The molecule has 2 heterocycles. The molecule has 9 heteroatoms. The van der Waals surface area contributed by atoms with E-state index in [-0.39, 0.29) is 35.5 Å². The van der Waals surface area contributed by atoms with Crippen LogP contribution in [0.5, 0.6) is 0 Å². The summed E-state index contributed by atoms with van der Waals surface area (Å²) in [5, 5.41) is 11.0. The fourth-order valence-electron chi connectivity index (χ4n) is 4.01. The van der Waals surface area contributed by atoms with Gasteiger partial charge in [-0.2, -0.15) is 4.31 Å². The van der Waals surface area contributed by atoms with Crippen LogP contribution in [-0.4, -0.2) is 54.6 Å². The molecule has 0 aliphatic carbocycles. The zero-order chi connectivity index (χ0) is 20.3. The number of rotatable bonds is 4. The first-order chi connectivity index (χ1) is 13.3. The lowest BCUT2D eigenvalue weighted by Crippen LogP contribution is -2.44. The Hall–Kier alpha value is -2.00. The number of piperidine rings is 1. The normalized spacial score (nSPS) is 20.0. The number of carbonyl (C=O) groups is 1. The molecule has 1 aromatic carbocycles. The Morgan fingerprint density at radius 2 is 1.68 bits per heavy atom. The van der Waals surface area contributed by atoms with Gasteiger partial charge >= 0.3 is 0 Å². The van der Waals surface area contributed by atoms with Crippen molar-refractivity contribution in [3.05, 3.63) is 33.9 Å². The van der Waals surface area contributed by atoms with E-state index < -0.39 is 14.9 Å². The van der Waals surface area contributed by atoms with E-state index in [0.717, 1.165) is 44.8 Å². The minimum atomic E-state index is -3.82. The number of hydrogen-bond donors (Lipinski definition) is 0. The van der Waals surface area contributed by atoms with Gasteiger partial charge in [-0.15, -0.1) is 0 Å². The van der Waals surface area contributed by atoms with E-state index in [9.17, 15) is 23.3 Å². The highest BCUT2D eigenvalue weighted by atomic mass is 32.2. The molecule has 3 rings (SSSR count). The summed E-state index contributed by atoms with van der Waals surface area (Å²) in [6.45, 7) is 3.74. The fraction of sp³-hybridized carbons (Fsp3) is 0.632. The average Bonchev–Trinajstić information content (AvgIpc) is 2.97. The molecular formula is C19H27N3O5S. The number of nitro benzene ring substituents is 1. The molecule has 28 heavy (non-hydrogen) atoms. The maximum Gasteiger partial charge on any atom is 0.270 e. The monoisotopic (exact) mass is 409 g/mol. The fourth-order valence-corrected chi connectivity index (χ4v) is 5.73. The van der Waals surface area contributed by atoms with Crippen LogP contribution in [0.15, 0.2) is 23.1 Å². The van der Waals surface area contributed by atoms with Gasteiger partial charge in [0.1, 0.15) is 0 Å². The second-order valence-electron chi connectivity index (χ2n) is 7.62. The van der Waals surface area contributed by atoms with Gasteiger partial charge in [0.25, 0.3) is 5.69 Å². The molecule has 2 saturated heterocycles. The highest BCUT2D eigenvalue weighted by molar-refractivity contribution is 7.89. The molecule has 1 aromatic rings. The molecule has 2 fully saturated rings. The van der Waals surface area contributed by atoms with Crippen LogP contribution in [0, 0.1) is 23.0 Å². The highest BCUT2D eigenvalue weighted by Crippen LogP contribution is 2.29. The summed E-state index contributed by atoms with van der Waals surface area (Å²) in [7, 11) is -3.82. The Bertz CT molecular complexity index is 839. The third kappa shape index (κ3) is 4.35. The molecule has 0 bridgehead atoms. The Balaban J connectivity index is 1.69. The summed E-state index contributed by atoms with van der Waals surface area (Å²) >= 11 is 0. The minimum Gasteiger partial charge on any atom is -0.342 e. The maximum absolute atomic E-state index is 13.0. The average molecular weight is 410 g/mol. The molecule has 2 aliphatic heterocycles. The molecule has 0 aromatic heterocycles. The Morgan fingerprint density at radius 1 is 1.07 bits per heavy atom. The zero-order valence-corrected chi connectivity index (χ0v) is 17.0. The van der Waals surface area contributed by atoms with Crippen molar-refractivity contribution >= 4 is 21.6 Å². The second-order valence-corrected chi connectivity index (χ2v) is 9.53. The second kappa shape index (κ2) is 8.57. The number of hydrogen-bond acceptors (Lipinski definition) is 5. The van der Waals surface area contributed by atoms with Crippen LogP contribution in [0.2, 0.25) is 0 Å². The van der Waals surface area contributed by atoms with Crippen LogP contribution in [0.4, 0.5) is 5.69 Å². The number of carbonyl (C=O) groups excluding carboxylic acids is 1. The Kier molecular flexibility index (Phi) is 6.34. The molecule has 154 valence electrons. The van der Waals surface area contributed by atoms with E-state index >= 15 is 0 Å². The maximum atomic E-state index is 13.0. The third-order valence-electron chi connectivity index (χ3n) is 5.72. The number of non-ortho nitro benzene ring substituents is 1. The molecule has 0 radical (unpaired) electrons. The Morgan fingerprint density at radius 3 is 2.25 bits per heavy atom. The molecule has 0 spiro atoms. The molecule has 0 unspecified atom stereocenters. The number of aryl methyl sites for hydroxylation is 1.